The number of nitrogens with one attached hydrogen (secondary N) is 1. The fourth-order valence-electron chi connectivity index (χ4n) is 3.19. The summed E-state index contributed by atoms with van der Waals surface area (Å²) in [5.41, 5.74) is 3.60. The molecule has 0 atom stereocenters. The number of anilines is 1. The van der Waals surface area contributed by atoms with Gasteiger partial charge in [0.25, 0.3) is 5.56 Å². The third-order valence-electron chi connectivity index (χ3n) is 4.78. The molecule has 0 spiro atoms. The van der Waals surface area contributed by atoms with Crippen molar-refractivity contribution in [2.75, 3.05) is 5.32 Å². The van der Waals surface area contributed by atoms with Crippen LogP contribution in [-0.2, 0) is 11.3 Å². The number of pyridine rings is 1. The van der Waals surface area contributed by atoms with E-state index in [0.29, 0.717) is 22.3 Å². The lowest BCUT2D eigenvalue weighted by atomic mass is 10.1. The largest absolute Gasteiger partial charge is 0.326 e. The van der Waals surface area contributed by atoms with Crippen LogP contribution in [-0.4, -0.2) is 20.4 Å². The molecule has 0 aliphatic heterocycles. The van der Waals surface area contributed by atoms with Crippen molar-refractivity contribution in [2.24, 2.45) is 0 Å². The SMILES string of the molecule is Cc1cccc2c(=O)n(CCC(=O)Nc3cccc(C#Cc4ccccn4)c3)cnc12. The number of carbonyl (C=O) groups is 1. The zero-order valence-corrected chi connectivity index (χ0v) is 17.0. The van der Waals surface area contributed by atoms with Gasteiger partial charge in [0.05, 0.1) is 17.2 Å². The van der Waals surface area contributed by atoms with E-state index in [1.165, 1.54) is 10.9 Å². The predicted molar refractivity (Wildman–Crippen MR) is 121 cm³/mol. The van der Waals surface area contributed by atoms with E-state index in [-0.39, 0.29) is 24.4 Å². The first-order valence-electron chi connectivity index (χ1n) is 9.88. The van der Waals surface area contributed by atoms with Gasteiger partial charge in [0.1, 0.15) is 5.69 Å². The summed E-state index contributed by atoms with van der Waals surface area (Å²) in [7, 11) is 0. The van der Waals surface area contributed by atoms with E-state index in [1.54, 1.807) is 24.4 Å². The summed E-state index contributed by atoms with van der Waals surface area (Å²) in [5, 5.41) is 3.42. The van der Waals surface area contributed by atoms with Crippen LogP contribution in [0.4, 0.5) is 5.69 Å². The van der Waals surface area contributed by atoms with E-state index in [4.69, 9.17) is 0 Å². The molecule has 0 bridgehead atoms. The van der Waals surface area contributed by atoms with Crippen LogP contribution in [0.25, 0.3) is 10.9 Å². The Morgan fingerprint density at radius 1 is 1.03 bits per heavy atom. The first kappa shape index (κ1) is 20.0. The zero-order valence-electron chi connectivity index (χ0n) is 17.0. The molecule has 152 valence electrons. The second-order valence-corrected chi connectivity index (χ2v) is 7.06. The number of para-hydroxylation sites is 1. The number of carbonyl (C=O) groups excluding carboxylic acids is 1. The highest BCUT2D eigenvalue weighted by Crippen LogP contribution is 2.12. The number of benzene rings is 2. The quantitative estimate of drug-likeness (QED) is 0.524. The number of hydrogen-bond acceptors (Lipinski definition) is 4. The third kappa shape index (κ3) is 4.85. The molecule has 0 unspecified atom stereocenters. The standard InChI is InChI=1S/C25H20N4O2/c1-18-6-4-10-22-24(18)27-17-29(25(22)31)15-13-23(30)28-21-9-5-7-19(16-21)11-12-20-8-2-3-14-26-20/h2-10,14,16-17H,13,15H2,1H3,(H,28,30). The first-order valence-corrected chi connectivity index (χ1v) is 9.88. The van der Waals surface area contributed by atoms with Crippen LogP contribution in [0.15, 0.2) is 78.0 Å². The van der Waals surface area contributed by atoms with Crippen LogP contribution in [0, 0.1) is 18.8 Å². The maximum atomic E-state index is 12.7. The van der Waals surface area contributed by atoms with Crippen LogP contribution in [0.3, 0.4) is 0 Å². The number of fused-ring (bicyclic) bond motifs is 1. The van der Waals surface area contributed by atoms with Gasteiger partial charge in [0.2, 0.25) is 5.91 Å². The van der Waals surface area contributed by atoms with Crippen molar-refractivity contribution < 1.29 is 4.79 Å². The molecule has 0 radical (unpaired) electrons. The first-order chi connectivity index (χ1) is 15.1. The number of nitrogens with zero attached hydrogens (tertiary/aromatic N) is 3. The van der Waals surface area contributed by atoms with Gasteiger partial charge in [-0.25, -0.2) is 9.97 Å². The predicted octanol–water partition coefficient (Wildman–Crippen LogP) is 3.53. The Kier molecular flexibility index (Phi) is 5.86. The summed E-state index contributed by atoms with van der Waals surface area (Å²) >= 11 is 0. The molecule has 4 aromatic rings. The summed E-state index contributed by atoms with van der Waals surface area (Å²) in [5.74, 6) is 5.85. The van der Waals surface area contributed by atoms with Crippen molar-refractivity contribution in [2.45, 2.75) is 19.9 Å². The topological polar surface area (TPSA) is 76.9 Å². The Morgan fingerprint density at radius 3 is 2.74 bits per heavy atom. The van der Waals surface area contributed by atoms with Gasteiger partial charge in [-0.2, -0.15) is 0 Å². The third-order valence-corrected chi connectivity index (χ3v) is 4.78. The molecule has 0 aliphatic carbocycles. The minimum Gasteiger partial charge on any atom is -0.326 e. The van der Waals surface area contributed by atoms with Crippen LogP contribution in [0.5, 0.6) is 0 Å². The monoisotopic (exact) mass is 408 g/mol. The van der Waals surface area contributed by atoms with E-state index in [2.05, 4.69) is 27.1 Å². The molecule has 0 fully saturated rings. The molecule has 2 aromatic carbocycles. The van der Waals surface area contributed by atoms with E-state index in [0.717, 1.165) is 11.1 Å². The Bertz CT molecular complexity index is 1370. The van der Waals surface area contributed by atoms with Crippen molar-refractivity contribution in [3.63, 3.8) is 0 Å². The highest BCUT2D eigenvalue weighted by atomic mass is 16.1. The Balaban J connectivity index is 1.42. The molecule has 1 N–H and O–H groups in total. The molecule has 31 heavy (non-hydrogen) atoms. The maximum absolute atomic E-state index is 12.7. The molecule has 0 aliphatic rings. The fourth-order valence-corrected chi connectivity index (χ4v) is 3.19. The highest BCUT2D eigenvalue weighted by molar-refractivity contribution is 5.90. The molecule has 0 saturated heterocycles. The molecule has 4 rings (SSSR count). The lowest BCUT2D eigenvalue weighted by Crippen LogP contribution is -2.23. The normalized spacial score (nSPS) is 10.4. The van der Waals surface area contributed by atoms with Crippen molar-refractivity contribution in [1.82, 2.24) is 14.5 Å². The summed E-state index contributed by atoms with van der Waals surface area (Å²) < 4.78 is 1.47. The van der Waals surface area contributed by atoms with Crippen molar-refractivity contribution in [1.29, 1.82) is 0 Å². The minimum atomic E-state index is -0.189. The smallest absolute Gasteiger partial charge is 0.261 e. The lowest BCUT2D eigenvalue weighted by Gasteiger charge is -2.09. The summed E-state index contributed by atoms with van der Waals surface area (Å²) in [6.07, 6.45) is 3.35. The molecule has 6 heteroatoms. The molecule has 6 nitrogen and oxygen atoms in total. The second kappa shape index (κ2) is 9.06. The van der Waals surface area contributed by atoms with Gasteiger partial charge in [-0.3, -0.25) is 14.2 Å². The van der Waals surface area contributed by atoms with E-state index >= 15 is 0 Å². The van der Waals surface area contributed by atoms with Crippen LogP contribution in [0.2, 0.25) is 0 Å². The Labute approximate surface area is 179 Å². The molecule has 1 amide bonds. The molecule has 0 saturated carbocycles. The average molecular weight is 408 g/mol. The van der Waals surface area contributed by atoms with Crippen LogP contribution < -0.4 is 10.9 Å². The number of aromatic nitrogens is 3. The lowest BCUT2D eigenvalue weighted by molar-refractivity contribution is -0.116. The van der Waals surface area contributed by atoms with E-state index < -0.39 is 0 Å². The number of aryl methyl sites for hydroxylation is 2. The van der Waals surface area contributed by atoms with Crippen molar-refractivity contribution in [3.05, 3.63) is 100 Å². The van der Waals surface area contributed by atoms with Gasteiger partial charge in [-0.1, -0.05) is 30.2 Å². The number of amides is 1. The van der Waals surface area contributed by atoms with Gasteiger partial charge < -0.3 is 5.32 Å². The van der Waals surface area contributed by atoms with E-state index in [1.807, 2.05) is 49.4 Å². The summed E-state index contributed by atoms with van der Waals surface area (Å²) in [6, 6.07) is 18.4. The van der Waals surface area contributed by atoms with Gasteiger partial charge in [0.15, 0.2) is 0 Å². The van der Waals surface area contributed by atoms with Gasteiger partial charge in [-0.15, -0.1) is 0 Å². The van der Waals surface area contributed by atoms with Crippen LogP contribution >= 0.6 is 0 Å². The van der Waals surface area contributed by atoms with Gasteiger partial charge >= 0.3 is 0 Å². The minimum absolute atomic E-state index is 0.145. The summed E-state index contributed by atoms with van der Waals surface area (Å²) in [6.45, 7) is 2.17. The van der Waals surface area contributed by atoms with Crippen molar-refractivity contribution >= 4 is 22.5 Å². The van der Waals surface area contributed by atoms with Gasteiger partial charge in [0, 0.05) is 30.4 Å². The summed E-state index contributed by atoms with van der Waals surface area (Å²) in [4.78, 5) is 33.6. The molecular weight excluding hydrogens is 388 g/mol. The average Bonchev–Trinajstić information content (AvgIpc) is 2.79. The second-order valence-electron chi connectivity index (χ2n) is 7.06. The maximum Gasteiger partial charge on any atom is 0.261 e. The number of hydrogen-bond donors (Lipinski definition) is 1. The Hall–Kier alpha value is -4.24. The molecule has 2 aromatic heterocycles. The number of rotatable bonds is 4. The van der Waals surface area contributed by atoms with Crippen molar-refractivity contribution in [3.8, 4) is 11.8 Å². The fraction of sp³-hybridized carbons (Fsp3) is 0.120. The van der Waals surface area contributed by atoms with Crippen LogP contribution in [0.1, 0.15) is 23.2 Å². The van der Waals surface area contributed by atoms with E-state index in [9.17, 15) is 9.59 Å². The Morgan fingerprint density at radius 2 is 1.90 bits per heavy atom. The molecular formula is C25H20N4O2. The molecule has 2 heterocycles. The highest BCUT2D eigenvalue weighted by Gasteiger charge is 2.08. The van der Waals surface area contributed by atoms with Gasteiger partial charge in [-0.05, 0) is 54.8 Å². The zero-order chi connectivity index (χ0) is 21.6.